The molecule has 1 aliphatic rings. The number of hydrogen-bond acceptors (Lipinski definition) is 4. The molecule has 22 heavy (non-hydrogen) atoms. The van der Waals surface area contributed by atoms with Crippen LogP contribution in [0, 0.1) is 0 Å². The first-order valence-electron chi connectivity index (χ1n) is 6.81. The summed E-state index contributed by atoms with van der Waals surface area (Å²) in [5.74, 6) is 0. The fraction of sp³-hybridized carbons (Fsp3) is 0.429. The second-order valence-electron chi connectivity index (χ2n) is 5.44. The van der Waals surface area contributed by atoms with Crippen LogP contribution in [-0.4, -0.2) is 39.9 Å². The molecule has 0 saturated carbocycles. The fourth-order valence-corrected chi connectivity index (χ4v) is 2.75. The zero-order valence-corrected chi connectivity index (χ0v) is 11.5. The number of aromatic nitrogens is 2. The van der Waals surface area contributed by atoms with Crippen LogP contribution in [0.5, 0.6) is 0 Å². The maximum atomic E-state index is 12.8. The number of aromatic amines is 1. The Kier molecular flexibility index (Phi) is 3.36. The minimum atomic E-state index is -4.63. The smallest absolute Gasteiger partial charge is 0.380 e. The number of nitrogens with zero attached hydrogens (tertiary/aromatic N) is 2. The number of piperidine rings is 1. The number of rotatable bonds is 1. The van der Waals surface area contributed by atoms with Gasteiger partial charge in [-0.1, -0.05) is 0 Å². The van der Waals surface area contributed by atoms with Gasteiger partial charge >= 0.3 is 6.18 Å². The summed E-state index contributed by atoms with van der Waals surface area (Å²) in [6, 6.07) is 1.69. The number of anilines is 1. The minimum absolute atomic E-state index is 0.0452. The number of aliphatic hydroxyl groups is 1. The van der Waals surface area contributed by atoms with E-state index in [1.807, 2.05) is 0 Å². The third-order valence-corrected chi connectivity index (χ3v) is 4.13. The highest BCUT2D eigenvalue weighted by Crippen LogP contribution is 2.39. The van der Waals surface area contributed by atoms with Crippen LogP contribution in [-0.2, 0) is 0 Å². The molecule has 1 aliphatic heterocycles. The average molecular weight is 313 g/mol. The Hall–Kier alpha value is -2.09. The van der Waals surface area contributed by atoms with Gasteiger partial charge in [0.05, 0.1) is 17.3 Å². The topological polar surface area (TPSA) is 69.2 Å². The molecule has 2 N–H and O–H groups in total. The Labute approximate surface area is 123 Å². The van der Waals surface area contributed by atoms with E-state index >= 15 is 0 Å². The van der Waals surface area contributed by atoms with E-state index in [0.29, 0.717) is 16.5 Å². The second kappa shape index (κ2) is 4.98. The Morgan fingerprint density at radius 1 is 1.23 bits per heavy atom. The van der Waals surface area contributed by atoms with Gasteiger partial charge in [-0.25, -0.2) is 0 Å². The molecule has 0 spiro atoms. The van der Waals surface area contributed by atoms with Crippen molar-refractivity contribution in [2.24, 2.45) is 0 Å². The van der Waals surface area contributed by atoms with E-state index in [9.17, 15) is 23.1 Å². The van der Waals surface area contributed by atoms with Crippen molar-refractivity contribution in [1.82, 2.24) is 9.97 Å². The second-order valence-corrected chi connectivity index (χ2v) is 5.44. The van der Waals surface area contributed by atoms with Crippen LogP contribution in [0.15, 0.2) is 29.5 Å². The first kappa shape index (κ1) is 14.8. The van der Waals surface area contributed by atoms with E-state index in [1.165, 1.54) is 18.6 Å². The molecular weight excluding hydrogens is 299 g/mol. The van der Waals surface area contributed by atoms with E-state index in [0.717, 1.165) is 0 Å². The first-order valence-corrected chi connectivity index (χ1v) is 6.81. The molecule has 0 atom stereocenters. The summed E-state index contributed by atoms with van der Waals surface area (Å²) in [5, 5.41) is 10.7. The van der Waals surface area contributed by atoms with Gasteiger partial charge in [-0.15, -0.1) is 0 Å². The third-order valence-electron chi connectivity index (χ3n) is 4.13. The highest BCUT2D eigenvalue weighted by molar-refractivity contribution is 5.92. The lowest BCUT2D eigenvalue weighted by Crippen LogP contribution is -2.53. The Morgan fingerprint density at radius 2 is 1.91 bits per heavy atom. The average Bonchev–Trinajstić information content (AvgIpc) is 2.47. The molecule has 0 aromatic carbocycles. The van der Waals surface area contributed by atoms with Gasteiger partial charge in [-0.05, 0) is 6.07 Å². The van der Waals surface area contributed by atoms with Gasteiger partial charge in [0.1, 0.15) is 0 Å². The van der Waals surface area contributed by atoms with E-state index in [2.05, 4.69) is 9.97 Å². The standard InChI is InChI=1S/C14H14F3N3O2/c15-14(16,17)13(22)2-5-20(6-3-13)11-8-18-7-10-9(11)1-4-19-12(10)21/h1,4,7-8,22H,2-3,5-6H2,(H,19,21). The molecular formula is C14H14F3N3O2. The highest BCUT2D eigenvalue weighted by atomic mass is 19.4. The lowest BCUT2D eigenvalue weighted by molar-refractivity contribution is -0.266. The molecule has 3 rings (SSSR count). The lowest BCUT2D eigenvalue weighted by Gasteiger charge is -2.40. The molecule has 118 valence electrons. The van der Waals surface area contributed by atoms with Crippen molar-refractivity contribution in [1.29, 1.82) is 0 Å². The van der Waals surface area contributed by atoms with Crippen LogP contribution in [0.3, 0.4) is 0 Å². The van der Waals surface area contributed by atoms with Crippen molar-refractivity contribution in [2.75, 3.05) is 18.0 Å². The fourth-order valence-electron chi connectivity index (χ4n) is 2.75. The zero-order valence-electron chi connectivity index (χ0n) is 11.5. The monoisotopic (exact) mass is 313 g/mol. The van der Waals surface area contributed by atoms with E-state index in [1.54, 1.807) is 11.0 Å². The molecule has 3 heterocycles. The van der Waals surface area contributed by atoms with Gasteiger partial charge in [0.2, 0.25) is 0 Å². The largest absolute Gasteiger partial charge is 0.417 e. The maximum Gasteiger partial charge on any atom is 0.417 e. The number of halogens is 3. The molecule has 0 amide bonds. The number of nitrogens with one attached hydrogen (secondary N) is 1. The van der Waals surface area contributed by atoms with Crippen molar-refractivity contribution in [3.63, 3.8) is 0 Å². The summed E-state index contributed by atoms with van der Waals surface area (Å²) in [7, 11) is 0. The predicted molar refractivity (Wildman–Crippen MR) is 74.8 cm³/mol. The molecule has 1 saturated heterocycles. The third kappa shape index (κ3) is 2.33. The first-order chi connectivity index (χ1) is 10.3. The van der Waals surface area contributed by atoms with Crippen molar-refractivity contribution >= 4 is 16.5 Å². The van der Waals surface area contributed by atoms with Gasteiger partial charge < -0.3 is 15.0 Å². The minimum Gasteiger partial charge on any atom is -0.380 e. The summed E-state index contributed by atoms with van der Waals surface area (Å²) in [4.78, 5) is 20.0. The van der Waals surface area contributed by atoms with Crippen molar-refractivity contribution in [2.45, 2.75) is 24.6 Å². The molecule has 2 aromatic rings. The van der Waals surface area contributed by atoms with Gasteiger partial charge in [-0.2, -0.15) is 13.2 Å². The van der Waals surface area contributed by atoms with E-state index < -0.39 is 24.6 Å². The normalized spacial score (nSPS) is 18.6. The number of pyridine rings is 2. The molecule has 1 fully saturated rings. The molecule has 5 nitrogen and oxygen atoms in total. The molecule has 0 bridgehead atoms. The number of hydrogen-bond donors (Lipinski definition) is 2. The number of alkyl halides is 3. The van der Waals surface area contributed by atoms with Crippen LogP contribution in [0.1, 0.15) is 12.8 Å². The predicted octanol–water partition coefficient (Wildman–Crippen LogP) is 1.82. The number of fused-ring (bicyclic) bond motifs is 1. The van der Waals surface area contributed by atoms with E-state index in [-0.39, 0.29) is 18.6 Å². The van der Waals surface area contributed by atoms with Crippen molar-refractivity contribution in [3.05, 3.63) is 35.0 Å². The van der Waals surface area contributed by atoms with Crippen molar-refractivity contribution < 1.29 is 18.3 Å². The zero-order chi connectivity index (χ0) is 16.0. The Morgan fingerprint density at radius 3 is 2.55 bits per heavy atom. The molecule has 2 aromatic heterocycles. The molecule has 0 radical (unpaired) electrons. The van der Waals surface area contributed by atoms with Gasteiger partial charge in [0.25, 0.3) is 5.56 Å². The summed E-state index contributed by atoms with van der Waals surface area (Å²) in [6.45, 7) is 0.0905. The van der Waals surface area contributed by atoms with Gasteiger partial charge in [-0.3, -0.25) is 9.78 Å². The van der Waals surface area contributed by atoms with Gasteiger partial charge in [0, 0.05) is 43.7 Å². The summed E-state index contributed by atoms with van der Waals surface area (Å²) < 4.78 is 38.5. The molecule has 0 unspecified atom stereocenters. The highest BCUT2D eigenvalue weighted by Gasteiger charge is 2.54. The quantitative estimate of drug-likeness (QED) is 0.842. The van der Waals surface area contributed by atoms with Gasteiger partial charge in [0.15, 0.2) is 5.60 Å². The van der Waals surface area contributed by atoms with Crippen LogP contribution in [0.4, 0.5) is 18.9 Å². The lowest BCUT2D eigenvalue weighted by atomic mass is 9.90. The summed E-state index contributed by atoms with van der Waals surface area (Å²) >= 11 is 0. The Balaban J connectivity index is 1.92. The number of H-pyrrole nitrogens is 1. The SMILES string of the molecule is O=c1[nH]ccc2c(N3CCC(O)(C(F)(F)F)CC3)cncc12. The Bertz CT molecular complexity index is 749. The van der Waals surface area contributed by atoms with Crippen LogP contribution < -0.4 is 10.5 Å². The van der Waals surface area contributed by atoms with Crippen LogP contribution >= 0.6 is 0 Å². The van der Waals surface area contributed by atoms with Crippen LogP contribution in [0.25, 0.3) is 10.8 Å². The van der Waals surface area contributed by atoms with E-state index in [4.69, 9.17) is 0 Å². The maximum absolute atomic E-state index is 12.8. The summed E-state index contributed by atoms with van der Waals surface area (Å²) in [5.41, 5.74) is -2.33. The van der Waals surface area contributed by atoms with Crippen molar-refractivity contribution in [3.8, 4) is 0 Å². The molecule has 0 aliphatic carbocycles. The van der Waals surface area contributed by atoms with Crippen LogP contribution in [0.2, 0.25) is 0 Å². The molecule has 8 heteroatoms. The summed E-state index contributed by atoms with van der Waals surface area (Å²) in [6.07, 6.45) is -1.00.